The molecule has 4 N–H and O–H groups in total. The van der Waals surface area contributed by atoms with Crippen molar-refractivity contribution in [2.45, 2.75) is 57.0 Å². The highest BCUT2D eigenvalue weighted by Crippen LogP contribution is 2.34. The zero-order chi connectivity index (χ0) is 14.8. The van der Waals surface area contributed by atoms with E-state index in [-0.39, 0.29) is 6.04 Å². The Labute approximate surface area is 125 Å². The van der Waals surface area contributed by atoms with Gasteiger partial charge in [-0.2, -0.15) is 10.4 Å². The van der Waals surface area contributed by atoms with Gasteiger partial charge >= 0.3 is 0 Å². The van der Waals surface area contributed by atoms with Crippen LogP contribution in [0.15, 0.2) is 0 Å². The van der Waals surface area contributed by atoms with Gasteiger partial charge in [-0.3, -0.25) is 0 Å². The predicted octanol–water partition coefficient (Wildman–Crippen LogP) is 1.77. The second-order valence-electron chi connectivity index (χ2n) is 6.28. The quantitative estimate of drug-likeness (QED) is 0.864. The molecule has 2 aliphatic rings. The first-order chi connectivity index (χ1) is 10.2. The summed E-state index contributed by atoms with van der Waals surface area (Å²) in [5.74, 6) is 1.26. The Morgan fingerprint density at radius 3 is 2.57 bits per heavy atom. The molecule has 1 saturated carbocycles. The summed E-state index contributed by atoms with van der Waals surface area (Å²) in [6.45, 7) is 1.67. The van der Waals surface area contributed by atoms with E-state index in [1.165, 1.54) is 19.3 Å². The van der Waals surface area contributed by atoms with Crippen molar-refractivity contribution in [2.75, 3.05) is 23.7 Å². The molecule has 6 heteroatoms. The van der Waals surface area contributed by atoms with Crippen LogP contribution < -0.4 is 16.4 Å². The summed E-state index contributed by atoms with van der Waals surface area (Å²) in [5, 5.41) is 14.2. The standard InChI is InChI=1S/C15H24N6/c16-9-13-14(18)21(12-6-2-1-3-7-12)19-15(13)20-8-4-5-11(17)10-20/h11-12H,1-8,10,17-18H2. The maximum Gasteiger partial charge on any atom is 0.170 e. The van der Waals surface area contributed by atoms with E-state index in [2.05, 4.69) is 11.0 Å². The molecule has 21 heavy (non-hydrogen) atoms. The van der Waals surface area contributed by atoms with Crippen LogP contribution in [0.1, 0.15) is 56.6 Å². The highest BCUT2D eigenvalue weighted by molar-refractivity contribution is 5.65. The summed E-state index contributed by atoms with van der Waals surface area (Å²) in [5.41, 5.74) is 12.8. The summed E-state index contributed by atoms with van der Waals surface area (Å²) >= 11 is 0. The van der Waals surface area contributed by atoms with Crippen molar-refractivity contribution in [2.24, 2.45) is 5.73 Å². The maximum atomic E-state index is 9.47. The Morgan fingerprint density at radius 2 is 1.90 bits per heavy atom. The van der Waals surface area contributed by atoms with Crippen molar-refractivity contribution >= 4 is 11.6 Å². The minimum absolute atomic E-state index is 0.159. The van der Waals surface area contributed by atoms with Crippen LogP contribution in [0.25, 0.3) is 0 Å². The largest absolute Gasteiger partial charge is 0.383 e. The molecule has 1 aromatic heterocycles. The molecule has 1 aliphatic carbocycles. The average molecular weight is 288 g/mol. The third-order valence-corrected chi connectivity index (χ3v) is 4.72. The molecule has 0 radical (unpaired) electrons. The van der Waals surface area contributed by atoms with Crippen LogP contribution in [0.3, 0.4) is 0 Å². The van der Waals surface area contributed by atoms with Crippen molar-refractivity contribution < 1.29 is 0 Å². The molecular weight excluding hydrogens is 264 g/mol. The topological polar surface area (TPSA) is 96.9 Å². The Kier molecular flexibility index (Phi) is 4.02. The van der Waals surface area contributed by atoms with Gasteiger partial charge in [0.2, 0.25) is 0 Å². The van der Waals surface area contributed by atoms with Crippen molar-refractivity contribution in [3.8, 4) is 6.07 Å². The number of rotatable bonds is 2. The molecular formula is C15H24N6. The first-order valence-corrected chi connectivity index (χ1v) is 7.99. The molecule has 0 spiro atoms. The normalized spacial score (nSPS) is 24.0. The van der Waals surface area contributed by atoms with Crippen molar-refractivity contribution in [3.63, 3.8) is 0 Å². The first-order valence-electron chi connectivity index (χ1n) is 7.99. The van der Waals surface area contributed by atoms with E-state index in [0.29, 0.717) is 17.4 Å². The van der Waals surface area contributed by atoms with Gasteiger partial charge in [0, 0.05) is 19.1 Å². The summed E-state index contributed by atoms with van der Waals surface area (Å²) in [7, 11) is 0. The van der Waals surface area contributed by atoms with E-state index in [4.69, 9.17) is 16.6 Å². The zero-order valence-corrected chi connectivity index (χ0v) is 12.5. The SMILES string of the molecule is N#Cc1c(N2CCCC(N)C2)nn(C2CCCCC2)c1N. The molecule has 1 aliphatic heterocycles. The minimum atomic E-state index is 0.159. The molecule has 2 fully saturated rings. The molecule has 1 atom stereocenters. The molecule has 0 aromatic carbocycles. The monoisotopic (exact) mass is 288 g/mol. The third kappa shape index (κ3) is 2.70. The molecule has 1 aromatic rings. The van der Waals surface area contributed by atoms with Gasteiger partial charge in [0.1, 0.15) is 17.5 Å². The Balaban J connectivity index is 1.91. The molecule has 1 unspecified atom stereocenters. The fourth-order valence-corrected chi connectivity index (χ4v) is 3.57. The van der Waals surface area contributed by atoms with Crippen molar-refractivity contribution in [3.05, 3.63) is 5.56 Å². The lowest BCUT2D eigenvalue weighted by Crippen LogP contribution is -2.43. The van der Waals surface area contributed by atoms with Gasteiger partial charge in [0.05, 0.1) is 6.04 Å². The van der Waals surface area contributed by atoms with E-state index >= 15 is 0 Å². The van der Waals surface area contributed by atoms with Crippen LogP contribution in [-0.4, -0.2) is 28.9 Å². The van der Waals surface area contributed by atoms with Crippen LogP contribution in [0.4, 0.5) is 11.6 Å². The van der Waals surface area contributed by atoms with Crippen LogP contribution in [0, 0.1) is 11.3 Å². The van der Waals surface area contributed by atoms with Crippen molar-refractivity contribution in [1.82, 2.24) is 9.78 Å². The van der Waals surface area contributed by atoms with Crippen LogP contribution in [-0.2, 0) is 0 Å². The smallest absolute Gasteiger partial charge is 0.170 e. The lowest BCUT2D eigenvalue weighted by atomic mass is 9.96. The van der Waals surface area contributed by atoms with Gasteiger partial charge in [-0.15, -0.1) is 0 Å². The van der Waals surface area contributed by atoms with E-state index in [1.807, 2.05) is 4.68 Å². The average Bonchev–Trinajstić information content (AvgIpc) is 2.85. The van der Waals surface area contributed by atoms with E-state index in [9.17, 15) is 5.26 Å². The third-order valence-electron chi connectivity index (χ3n) is 4.72. The number of nitrogens with two attached hydrogens (primary N) is 2. The second kappa shape index (κ2) is 5.94. The van der Waals surface area contributed by atoms with Crippen LogP contribution in [0.2, 0.25) is 0 Å². The van der Waals surface area contributed by atoms with Crippen molar-refractivity contribution in [1.29, 1.82) is 5.26 Å². The summed E-state index contributed by atoms with van der Waals surface area (Å²) < 4.78 is 1.90. The Hall–Kier alpha value is -1.74. The predicted molar refractivity (Wildman–Crippen MR) is 82.9 cm³/mol. The first kappa shape index (κ1) is 14.2. The maximum absolute atomic E-state index is 9.47. The van der Waals surface area contributed by atoms with Gasteiger partial charge < -0.3 is 16.4 Å². The number of nitriles is 1. The second-order valence-corrected chi connectivity index (χ2v) is 6.28. The molecule has 114 valence electrons. The lowest BCUT2D eigenvalue weighted by Gasteiger charge is -2.31. The molecule has 1 saturated heterocycles. The Bertz CT molecular complexity index is 537. The van der Waals surface area contributed by atoms with E-state index in [0.717, 1.165) is 44.6 Å². The van der Waals surface area contributed by atoms with Gasteiger partial charge in [0.25, 0.3) is 0 Å². The number of anilines is 2. The minimum Gasteiger partial charge on any atom is -0.383 e. The number of hydrogen-bond donors (Lipinski definition) is 2. The fourth-order valence-electron chi connectivity index (χ4n) is 3.57. The van der Waals surface area contributed by atoms with E-state index < -0.39 is 0 Å². The van der Waals surface area contributed by atoms with Gasteiger partial charge in [-0.1, -0.05) is 19.3 Å². The number of nitrogens with zero attached hydrogens (tertiary/aromatic N) is 4. The summed E-state index contributed by atoms with van der Waals surface area (Å²) in [4.78, 5) is 2.13. The number of piperidine rings is 1. The van der Waals surface area contributed by atoms with Gasteiger partial charge in [-0.25, -0.2) is 4.68 Å². The van der Waals surface area contributed by atoms with Crippen LogP contribution in [0.5, 0.6) is 0 Å². The van der Waals surface area contributed by atoms with Gasteiger partial charge in [-0.05, 0) is 25.7 Å². The number of hydrogen-bond acceptors (Lipinski definition) is 5. The van der Waals surface area contributed by atoms with E-state index in [1.54, 1.807) is 0 Å². The molecule has 3 rings (SSSR count). The highest BCUT2D eigenvalue weighted by atomic mass is 15.4. The number of aromatic nitrogens is 2. The Morgan fingerprint density at radius 1 is 1.14 bits per heavy atom. The lowest BCUT2D eigenvalue weighted by molar-refractivity contribution is 0.333. The molecule has 0 bridgehead atoms. The molecule has 2 heterocycles. The molecule has 6 nitrogen and oxygen atoms in total. The molecule has 0 amide bonds. The zero-order valence-electron chi connectivity index (χ0n) is 12.5. The summed E-state index contributed by atoms with van der Waals surface area (Å²) in [6, 6.07) is 2.75. The number of nitrogen functional groups attached to an aromatic ring is 1. The van der Waals surface area contributed by atoms with Crippen LogP contribution >= 0.6 is 0 Å². The highest BCUT2D eigenvalue weighted by Gasteiger charge is 2.27. The fraction of sp³-hybridized carbons (Fsp3) is 0.733. The van der Waals surface area contributed by atoms with Gasteiger partial charge in [0.15, 0.2) is 5.82 Å². The summed E-state index contributed by atoms with van der Waals surface area (Å²) in [6.07, 6.45) is 8.02.